The van der Waals surface area contributed by atoms with Gasteiger partial charge in [0.1, 0.15) is 12.2 Å². The van der Waals surface area contributed by atoms with Crippen molar-refractivity contribution in [1.29, 1.82) is 0 Å². The second-order valence-corrected chi connectivity index (χ2v) is 5.86. The fourth-order valence-corrected chi connectivity index (χ4v) is 2.95. The molecule has 0 amide bonds. The average molecular weight is 323 g/mol. The van der Waals surface area contributed by atoms with Crippen LogP contribution < -0.4 is 5.32 Å². The predicted molar refractivity (Wildman–Crippen MR) is 81.3 cm³/mol. The van der Waals surface area contributed by atoms with Crippen LogP contribution in [0.1, 0.15) is 36.8 Å². The Morgan fingerprint density at radius 1 is 1.32 bits per heavy atom. The van der Waals surface area contributed by atoms with E-state index in [9.17, 15) is 0 Å². The largest absolute Gasteiger partial charge is 0.377 e. The number of anilines is 1. The van der Waals surface area contributed by atoms with Gasteiger partial charge in [0.15, 0.2) is 0 Å². The van der Waals surface area contributed by atoms with Gasteiger partial charge < -0.3 is 5.32 Å². The molecule has 1 heterocycles. The van der Waals surface area contributed by atoms with Gasteiger partial charge in [0.05, 0.1) is 12.2 Å². The van der Waals surface area contributed by atoms with E-state index in [1.54, 1.807) is 6.33 Å². The molecule has 0 aliphatic rings. The zero-order valence-corrected chi connectivity index (χ0v) is 13.3. The molecule has 1 aromatic heterocycles. The van der Waals surface area contributed by atoms with Crippen LogP contribution in [0.4, 0.5) is 5.69 Å². The molecule has 0 aliphatic heterocycles. The van der Waals surface area contributed by atoms with Gasteiger partial charge >= 0.3 is 0 Å². The van der Waals surface area contributed by atoms with Gasteiger partial charge in [-0.15, -0.1) is 0 Å². The van der Waals surface area contributed by atoms with Gasteiger partial charge in [0.2, 0.25) is 0 Å². The molecule has 1 aromatic carbocycles. The number of benzene rings is 1. The first kappa shape index (κ1) is 14.1. The molecule has 0 fully saturated rings. The van der Waals surface area contributed by atoms with Crippen molar-refractivity contribution in [2.24, 2.45) is 0 Å². The van der Waals surface area contributed by atoms with Crippen molar-refractivity contribution < 1.29 is 0 Å². The van der Waals surface area contributed by atoms with Crippen molar-refractivity contribution in [3.05, 3.63) is 39.9 Å². The van der Waals surface area contributed by atoms with Crippen molar-refractivity contribution >= 4 is 21.6 Å². The molecule has 2 aromatic rings. The number of aryl methyl sites for hydroxylation is 2. The normalized spacial score (nSPS) is 11.1. The van der Waals surface area contributed by atoms with E-state index in [1.165, 1.54) is 11.1 Å². The molecule has 5 heteroatoms. The van der Waals surface area contributed by atoms with E-state index in [2.05, 4.69) is 71.2 Å². The highest BCUT2D eigenvalue weighted by Gasteiger charge is 2.09. The number of halogens is 1. The maximum atomic E-state index is 4.30. The molecule has 0 saturated heterocycles. The Bertz CT molecular complexity index is 552. The van der Waals surface area contributed by atoms with Crippen LogP contribution in [0.25, 0.3) is 0 Å². The Morgan fingerprint density at radius 2 is 2.05 bits per heavy atom. The number of nitrogens with one attached hydrogen (secondary N) is 1. The average Bonchev–Trinajstić information content (AvgIpc) is 2.75. The summed E-state index contributed by atoms with van der Waals surface area (Å²) < 4.78 is 3.02. The molecule has 0 unspecified atom stereocenters. The third kappa shape index (κ3) is 3.15. The maximum Gasteiger partial charge on any atom is 0.146 e. The third-order valence-corrected chi connectivity index (χ3v) is 3.62. The molecule has 0 aliphatic carbocycles. The second-order valence-electron chi connectivity index (χ2n) is 5.01. The minimum absolute atomic E-state index is 0.321. The molecule has 1 N–H and O–H groups in total. The molecular weight excluding hydrogens is 304 g/mol. The van der Waals surface area contributed by atoms with Crippen LogP contribution in [0.3, 0.4) is 0 Å². The molecule has 4 nitrogen and oxygen atoms in total. The summed E-state index contributed by atoms with van der Waals surface area (Å²) in [5.41, 5.74) is 3.59. The van der Waals surface area contributed by atoms with E-state index in [-0.39, 0.29) is 0 Å². The van der Waals surface area contributed by atoms with Gasteiger partial charge in [-0.2, -0.15) is 5.10 Å². The summed E-state index contributed by atoms with van der Waals surface area (Å²) in [6.45, 7) is 9.07. The summed E-state index contributed by atoms with van der Waals surface area (Å²) in [5, 5.41) is 7.68. The molecular formula is C14H19BrN4. The number of hydrogen-bond acceptors (Lipinski definition) is 3. The lowest BCUT2D eigenvalue weighted by Crippen LogP contribution is -2.12. The van der Waals surface area contributed by atoms with Crippen LogP contribution in [-0.2, 0) is 6.54 Å². The highest BCUT2D eigenvalue weighted by atomic mass is 79.9. The van der Waals surface area contributed by atoms with Crippen LogP contribution in [0, 0.1) is 13.8 Å². The molecule has 0 atom stereocenters. The van der Waals surface area contributed by atoms with Gasteiger partial charge in [0.25, 0.3) is 0 Å². The van der Waals surface area contributed by atoms with E-state index in [0.29, 0.717) is 12.6 Å². The van der Waals surface area contributed by atoms with Crippen molar-refractivity contribution in [3.63, 3.8) is 0 Å². The summed E-state index contributed by atoms with van der Waals surface area (Å²) in [5.74, 6) is 0.946. The molecule has 2 rings (SSSR count). The summed E-state index contributed by atoms with van der Waals surface area (Å²) in [6.07, 6.45) is 1.61. The van der Waals surface area contributed by atoms with E-state index < -0.39 is 0 Å². The molecule has 102 valence electrons. The summed E-state index contributed by atoms with van der Waals surface area (Å²) in [4.78, 5) is 4.30. The smallest absolute Gasteiger partial charge is 0.146 e. The lowest BCUT2D eigenvalue weighted by atomic mass is 10.1. The Kier molecular flexibility index (Phi) is 4.24. The van der Waals surface area contributed by atoms with Crippen LogP contribution in [0.5, 0.6) is 0 Å². The molecule has 19 heavy (non-hydrogen) atoms. The number of rotatable bonds is 4. The molecule has 0 saturated carbocycles. The zero-order valence-electron chi connectivity index (χ0n) is 11.7. The van der Waals surface area contributed by atoms with Gasteiger partial charge in [-0.3, -0.25) is 0 Å². The fourth-order valence-electron chi connectivity index (χ4n) is 2.14. The van der Waals surface area contributed by atoms with Crippen LogP contribution in [0.15, 0.2) is 22.9 Å². The first-order valence-electron chi connectivity index (χ1n) is 6.38. The highest BCUT2D eigenvalue weighted by molar-refractivity contribution is 9.10. The summed E-state index contributed by atoms with van der Waals surface area (Å²) in [7, 11) is 0. The first-order valence-corrected chi connectivity index (χ1v) is 7.17. The van der Waals surface area contributed by atoms with Gasteiger partial charge in [-0.1, -0.05) is 6.07 Å². The number of hydrogen-bond donors (Lipinski definition) is 1. The maximum absolute atomic E-state index is 4.30. The Labute approximate surface area is 122 Å². The quantitative estimate of drug-likeness (QED) is 0.929. The van der Waals surface area contributed by atoms with E-state index in [4.69, 9.17) is 0 Å². The number of aromatic nitrogens is 3. The van der Waals surface area contributed by atoms with Crippen LogP contribution in [-0.4, -0.2) is 14.8 Å². The molecule has 0 spiro atoms. The van der Waals surface area contributed by atoms with E-state index >= 15 is 0 Å². The van der Waals surface area contributed by atoms with Crippen LogP contribution in [0.2, 0.25) is 0 Å². The highest BCUT2D eigenvalue weighted by Crippen LogP contribution is 2.28. The first-order chi connectivity index (χ1) is 8.99. The number of nitrogens with zero attached hydrogens (tertiary/aromatic N) is 3. The topological polar surface area (TPSA) is 42.7 Å². The van der Waals surface area contributed by atoms with E-state index in [1.807, 2.05) is 4.68 Å². The Hall–Kier alpha value is -1.36. The minimum atomic E-state index is 0.321. The predicted octanol–water partition coefficient (Wildman–Crippen LogP) is 3.85. The third-order valence-electron chi connectivity index (χ3n) is 2.99. The SMILES string of the molecule is Cc1cc(C)c(NCc2ncnn2C(C)C)c(Br)c1. The second kappa shape index (κ2) is 5.74. The molecule has 0 radical (unpaired) electrons. The summed E-state index contributed by atoms with van der Waals surface area (Å²) in [6, 6.07) is 4.60. The Morgan fingerprint density at radius 3 is 2.68 bits per heavy atom. The molecule has 0 bridgehead atoms. The van der Waals surface area contributed by atoms with Crippen molar-refractivity contribution in [1.82, 2.24) is 14.8 Å². The zero-order chi connectivity index (χ0) is 14.0. The van der Waals surface area contributed by atoms with E-state index in [0.717, 1.165) is 16.0 Å². The van der Waals surface area contributed by atoms with Crippen molar-refractivity contribution in [2.75, 3.05) is 5.32 Å². The fraction of sp³-hybridized carbons (Fsp3) is 0.429. The lowest BCUT2D eigenvalue weighted by molar-refractivity contribution is 0.509. The van der Waals surface area contributed by atoms with Crippen LogP contribution >= 0.6 is 15.9 Å². The monoisotopic (exact) mass is 322 g/mol. The minimum Gasteiger partial charge on any atom is -0.377 e. The van der Waals surface area contributed by atoms with Gasteiger partial charge in [-0.25, -0.2) is 9.67 Å². The lowest BCUT2D eigenvalue weighted by Gasteiger charge is -2.14. The van der Waals surface area contributed by atoms with Crippen molar-refractivity contribution in [3.8, 4) is 0 Å². The van der Waals surface area contributed by atoms with Gasteiger partial charge in [0, 0.05) is 10.5 Å². The van der Waals surface area contributed by atoms with Crippen molar-refractivity contribution in [2.45, 2.75) is 40.3 Å². The van der Waals surface area contributed by atoms with Gasteiger partial charge in [-0.05, 0) is 60.8 Å². The Balaban J connectivity index is 2.17. The standard InChI is InChI=1S/C14H19BrN4/c1-9(2)19-13(17-8-18-19)7-16-14-11(4)5-10(3)6-12(14)15/h5-6,8-9,16H,7H2,1-4H3. The summed E-state index contributed by atoms with van der Waals surface area (Å²) >= 11 is 3.60.